The van der Waals surface area contributed by atoms with Gasteiger partial charge in [-0.2, -0.15) is 0 Å². The Morgan fingerprint density at radius 3 is 2.59 bits per heavy atom. The molecule has 0 bridgehead atoms. The van der Waals surface area contributed by atoms with Gasteiger partial charge in [0.2, 0.25) is 11.9 Å². The van der Waals surface area contributed by atoms with E-state index in [9.17, 15) is 4.79 Å². The number of aryl methyl sites for hydroxylation is 1. The first-order chi connectivity index (χ1) is 15.6. The Balaban J connectivity index is 1.40. The first kappa shape index (κ1) is 22.0. The number of carbonyl (C=O) groups is 1. The first-order valence-electron chi connectivity index (χ1n) is 11.5. The number of nitrogens with zero attached hydrogens (tertiary/aromatic N) is 4. The molecule has 3 aromatic rings. The molecular formula is C25H31N5O2. The van der Waals surface area contributed by atoms with Crippen molar-refractivity contribution in [2.75, 3.05) is 24.6 Å². The predicted molar refractivity (Wildman–Crippen MR) is 126 cm³/mol. The molecule has 32 heavy (non-hydrogen) atoms. The van der Waals surface area contributed by atoms with E-state index in [1.54, 1.807) is 12.4 Å². The molecule has 1 aliphatic heterocycles. The lowest BCUT2D eigenvalue weighted by Gasteiger charge is -2.32. The molecule has 1 atom stereocenters. The van der Waals surface area contributed by atoms with Crippen LogP contribution in [0, 0.1) is 12.8 Å². The second-order valence-corrected chi connectivity index (χ2v) is 8.23. The summed E-state index contributed by atoms with van der Waals surface area (Å²) in [7, 11) is 0. The van der Waals surface area contributed by atoms with Gasteiger partial charge in [0.05, 0.1) is 23.9 Å². The Morgan fingerprint density at radius 1 is 1.16 bits per heavy atom. The van der Waals surface area contributed by atoms with Crippen molar-refractivity contribution >= 4 is 22.8 Å². The number of carbonyl (C=O) groups excluding carboxylic acids is 1. The van der Waals surface area contributed by atoms with Crippen molar-refractivity contribution in [2.24, 2.45) is 5.92 Å². The molecule has 0 saturated carbocycles. The largest absolute Gasteiger partial charge is 0.494 e. The number of anilines is 1. The summed E-state index contributed by atoms with van der Waals surface area (Å²) in [6.07, 6.45) is 5.98. The van der Waals surface area contributed by atoms with Crippen molar-refractivity contribution in [1.82, 2.24) is 20.3 Å². The van der Waals surface area contributed by atoms with Crippen LogP contribution in [0.25, 0.3) is 10.9 Å². The summed E-state index contributed by atoms with van der Waals surface area (Å²) < 4.78 is 5.61. The minimum atomic E-state index is 0.0115. The molecule has 0 radical (unpaired) electrons. The summed E-state index contributed by atoms with van der Waals surface area (Å²) in [6, 6.07) is 9.90. The molecular weight excluding hydrogens is 402 g/mol. The average Bonchev–Trinajstić information content (AvgIpc) is 2.83. The molecule has 7 heteroatoms. The highest BCUT2D eigenvalue weighted by atomic mass is 16.5. The number of rotatable bonds is 7. The summed E-state index contributed by atoms with van der Waals surface area (Å²) in [5.74, 6) is 1.72. The molecule has 1 aliphatic rings. The van der Waals surface area contributed by atoms with Gasteiger partial charge in [-0.15, -0.1) is 0 Å². The van der Waals surface area contributed by atoms with E-state index in [0.29, 0.717) is 6.61 Å². The molecule has 7 nitrogen and oxygen atoms in total. The van der Waals surface area contributed by atoms with Crippen LogP contribution in [0.4, 0.5) is 5.95 Å². The lowest BCUT2D eigenvalue weighted by molar-refractivity contribution is -0.126. The fraction of sp³-hybridized carbons (Fsp3) is 0.440. The van der Waals surface area contributed by atoms with Crippen molar-refractivity contribution < 1.29 is 9.53 Å². The second-order valence-electron chi connectivity index (χ2n) is 8.23. The SMILES string of the molecule is CCOc1ccc2nc(N3CCC(C(=O)NC(CC)c4ccncc4)CC3)nc(C)c2c1. The molecule has 2 aromatic heterocycles. The van der Waals surface area contributed by atoms with Gasteiger partial charge >= 0.3 is 0 Å². The Hall–Kier alpha value is -3.22. The van der Waals surface area contributed by atoms with E-state index >= 15 is 0 Å². The van der Waals surface area contributed by atoms with Gasteiger partial charge in [-0.25, -0.2) is 9.97 Å². The number of hydrogen-bond donors (Lipinski definition) is 1. The zero-order valence-electron chi connectivity index (χ0n) is 19.0. The van der Waals surface area contributed by atoms with Crippen LogP contribution in [0.2, 0.25) is 0 Å². The minimum Gasteiger partial charge on any atom is -0.494 e. The zero-order chi connectivity index (χ0) is 22.5. The van der Waals surface area contributed by atoms with Crippen molar-refractivity contribution in [3.63, 3.8) is 0 Å². The molecule has 1 amide bonds. The summed E-state index contributed by atoms with van der Waals surface area (Å²) in [4.78, 5) is 28.7. The number of aromatic nitrogens is 3. The van der Waals surface area contributed by atoms with E-state index in [4.69, 9.17) is 14.7 Å². The van der Waals surface area contributed by atoms with E-state index in [0.717, 1.165) is 66.2 Å². The summed E-state index contributed by atoms with van der Waals surface area (Å²) in [5.41, 5.74) is 2.95. The van der Waals surface area contributed by atoms with Crippen molar-refractivity contribution in [3.05, 3.63) is 54.0 Å². The lowest BCUT2D eigenvalue weighted by atomic mass is 9.95. The van der Waals surface area contributed by atoms with Crippen LogP contribution in [0.1, 0.15) is 50.4 Å². The summed E-state index contributed by atoms with van der Waals surface area (Å²) in [6.45, 7) is 8.24. The van der Waals surface area contributed by atoms with Gasteiger partial charge in [-0.05, 0) is 69.0 Å². The number of benzene rings is 1. The van der Waals surface area contributed by atoms with Gasteiger partial charge in [0.25, 0.3) is 0 Å². The van der Waals surface area contributed by atoms with Crippen molar-refractivity contribution in [2.45, 2.75) is 46.1 Å². The number of pyridine rings is 1. The number of ether oxygens (including phenoxy) is 1. The smallest absolute Gasteiger partial charge is 0.226 e. The summed E-state index contributed by atoms with van der Waals surface area (Å²) >= 11 is 0. The van der Waals surface area contributed by atoms with Crippen LogP contribution in [0.5, 0.6) is 5.75 Å². The monoisotopic (exact) mass is 433 g/mol. The van der Waals surface area contributed by atoms with Crippen LogP contribution in [0.3, 0.4) is 0 Å². The molecule has 3 heterocycles. The van der Waals surface area contributed by atoms with Gasteiger partial charge in [0.15, 0.2) is 0 Å². The minimum absolute atomic E-state index is 0.0115. The van der Waals surface area contributed by atoms with E-state index < -0.39 is 0 Å². The lowest BCUT2D eigenvalue weighted by Crippen LogP contribution is -2.42. The van der Waals surface area contributed by atoms with Gasteiger partial charge in [-0.3, -0.25) is 9.78 Å². The van der Waals surface area contributed by atoms with E-state index in [1.807, 2.05) is 44.2 Å². The van der Waals surface area contributed by atoms with Gasteiger partial charge < -0.3 is 15.0 Å². The van der Waals surface area contributed by atoms with Crippen molar-refractivity contribution in [1.29, 1.82) is 0 Å². The molecule has 0 aliphatic carbocycles. The Bertz CT molecular complexity index is 1060. The molecule has 1 fully saturated rings. The van der Waals surface area contributed by atoms with Crippen LogP contribution < -0.4 is 15.0 Å². The third-order valence-corrected chi connectivity index (χ3v) is 6.14. The highest BCUT2D eigenvalue weighted by Crippen LogP contribution is 2.27. The van der Waals surface area contributed by atoms with Crippen LogP contribution in [0.15, 0.2) is 42.7 Å². The third-order valence-electron chi connectivity index (χ3n) is 6.14. The first-order valence-corrected chi connectivity index (χ1v) is 11.5. The standard InChI is InChI=1S/C25H31N5O2/c1-4-22(18-8-12-26-13-9-18)28-24(31)19-10-14-30(15-11-19)25-27-17(3)21-16-20(32-5-2)6-7-23(21)29-25/h6-9,12-13,16,19,22H,4-5,10-11,14-15H2,1-3H3,(H,28,31). The maximum absolute atomic E-state index is 12.9. The van der Waals surface area contributed by atoms with Crippen molar-refractivity contribution in [3.8, 4) is 5.75 Å². The Kier molecular flexibility index (Phi) is 6.83. The maximum Gasteiger partial charge on any atom is 0.226 e. The number of piperidine rings is 1. The zero-order valence-corrected chi connectivity index (χ0v) is 19.0. The predicted octanol–water partition coefficient (Wildman–Crippen LogP) is 4.22. The number of amides is 1. The number of fused-ring (bicyclic) bond motifs is 1. The van der Waals surface area contributed by atoms with Gasteiger partial charge in [0, 0.05) is 36.8 Å². The molecule has 4 rings (SSSR count). The average molecular weight is 434 g/mol. The fourth-order valence-corrected chi connectivity index (χ4v) is 4.29. The molecule has 1 aromatic carbocycles. The fourth-order valence-electron chi connectivity index (χ4n) is 4.29. The highest BCUT2D eigenvalue weighted by molar-refractivity contribution is 5.83. The number of nitrogens with one attached hydrogen (secondary N) is 1. The molecule has 1 N–H and O–H groups in total. The second kappa shape index (κ2) is 9.94. The van der Waals surface area contributed by atoms with Crippen LogP contribution in [-0.2, 0) is 4.79 Å². The molecule has 0 spiro atoms. The molecule has 168 valence electrons. The Labute approximate surface area is 189 Å². The normalized spacial score (nSPS) is 15.5. The van der Waals surface area contributed by atoms with E-state index in [1.165, 1.54) is 0 Å². The topological polar surface area (TPSA) is 80.2 Å². The van der Waals surface area contributed by atoms with Crippen LogP contribution in [-0.4, -0.2) is 40.6 Å². The van der Waals surface area contributed by atoms with E-state index in [2.05, 4.69) is 22.1 Å². The molecule has 1 saturated heterocycles. The van der Waals surface area contributed by atoms with Crippen LogP contribution >= 0.6 is 0 Å². The third kappa shape index (κ3) is 4.82. The quantitative estimate of drug-likeness (QED) is 0.601. The maximum atomic E-state index is 12.9. The molecule has 1 unspecified atom stereocenters. The van der Waals surface area contributed by atoms with E-state index in [-0.39, 0.29) is 17.9 Å². The number of hydrogen-bond acceptors (Lipinski definition) is 6. The highest BCUT2D eigenvalue weighted by Gasteiger charge is 2.28. The Morgan fingerprint density at radius 2 is 1.91 bits per heavy atom. The summed E-state index contributed by atoms with van der Waals surface area (Å²) in [5, 5.41) is 4.24. The van der Waals surface area contributed by atoms with Gasteiger partial charge in [-0.1, -0.05) is 6.92 Å². The van der Waals surface area contributed by atoms with Gasteiger partial charge in [0.1, 0.15) is 5.75 Å².